The van der Waals surface area contributed by atoms with Gasteiger partial charge in [-0.25, -0.2) is 0 Å². The first-order valence-corrected chi connectivity index (χ1v) is 5.90. The highest BCUT2D eigenvalue weighted by molar-refractivity contribution is 5.91. The van der Waals surface area contributed by atoms with E-state index in [0.29, 0.717) is 30.8 Å². The van der Waals surface area contributed by atoms with Crippen molar-refractivity contribution in [3.8, 4) is 0 Å². The SMILES string of the molecule is C[C@@H]1C[C@H](C)CN(C(=O)C2=COCCO2)C1. The second-order valence-electron chi connectivity index (χ2n) is 4.86. The normalized spacial score (nSPS) is 30.1. The molecule has 1 fully saturated rings. The van der Waals surface area contributed by atoms with Crippen LogP contribution in [0.4, 0.5) is 0 Å². The van der Waals surface area contributed by atoms with E-state index in [1.54, 1.807) is 0 Å². The fourth-order valence-electron chi connectivity index (χ4n) is 2.47. The van der Waals surface area contributed by atoms with Gasteiger partial charge in [0, 0.05) is 13.1 Å². The number of hydrogen-bond donors (Lipinski definition) is 0. The summed E-state index contributed by atoms with van der Waals surface area (Å²) in [5, 5.41) is 0. The number of nitrogens with zero attached hydrogens (tertiary/aromatic N) is 1. The summed E-state index contributed by atoms with van der Waals surface area (Å²) in [4.78, 5) is 14.0. The number of rotatable bonds is 1. The second-order valence-corrected chi connectivity index (χ2v) is 4.86. The van der Waals surface area contributed by atoms with E-state index in [1.165, 1.54) is 12.7 Å². The van der Waals surface area contributed by atoms with Gasteiger partial charge in [0.25, 0.3) is 5.91 Å². The fourth-order valence-corrected chi connectivity index (χ4v) is 2.47. The molecule has 4 nitrogen and oxygen atoms in total. The van der Waals surface area contributed by atoms with Gasteiger partial charge in [-0.05, 0) is 18.3 Å². The lowest BCUT2D eigenvalue weighted by Crippen LogP contribution is -2.43. The average Bonchev–Trinajstić information content (AvgIpc) is 2.28. The van der Waals surface area contributed by atoms with E-state index in [-0.39, 0.29) is 5.91 Å². The molecule has 0 unspecified atom stereocenters. The molecule has 90 valence electrons. The molecule has 0 aliphatic carbocycles. The third-order valence-electron chi connectivity index (χ3n) is 3.02. The van der Waals surface area contributed by atoms with Crippen LogP contribution in [0, 0.1) is 11.8 Å². The van der Waals surface area contributed by atoms with E-state index in [4.69, 9.17) is 9.47 Å². The molecular formula is C12H19NO3. The molecule has 4 heteroatoms. The Morgan fingerprint density at radius 1 is 1.31 bits per heavy atom. The number of amides is 1. The highest BCUT2D eigenvalue weighted by Gasteiger charge is 2.28. The maximum atomic E-state index is 12.1. The third-order valence-corrected chi connectivity index (χ3v) is 3.02. The Hall–Kier alpha value is -1.19. The minimum atomic E-state index is -0.0295. The first kappa shape index (κ1) is 11.3. The van der Waals surface area contributed by atoms with Gasteiger partial charge >= 0.3 is 0 Å². The molecule has 2 aliphatic rings. The molecule has 2 heterocycles. The van der Waals surface area contributed by atoms with Crippen molar-refractivity contribution < 1.29 is 14.3 Å². The Kier molecular flexibility index (Phi) is 3.36. The van der Waals surface area contributed by atoms with Crippen LogP contribution in [-0.4, -0.2) is 37.1 Å². The lowest BCUT2D eigenvalue weighted by Gasteiger charge is -2.35. The zero-order valence-corrected chi connectivity index (χ0v) is 9.94. The van der Waals surface area contributed by atoms with Crippen LogP contribution >= 0.6 is 0 Å². The largest absolute Gasteiger partial charge is 0.494 e. The minimum Gasteiger partial charge on any atom is -0.494 e. The van der Waals surface area contributed by atoms with Crippen LogP contribution in [0.2, 0.25) is 0 Å². The molecule has 2 rings (SSSR count). The van der Waals surface area contributed by atoms with Gasteiger partial charge in [-0.3, -0.25) is 4.79 Å². The van der Waals surface area contributed by atoms with Crippen molar-refractivity contribution in [2.75, 3.05) is 26.3 Å². The summed E-state index contributed by atoms with van der Waals surface area (Å²) in [7, 11) is 0. The van der Waals surface area contributed by atoms with Gasteiger partial charge in [0.1, 0.15) is 19.5 Å². The summed E-state index contributed by atoms with van der Waals surface area (Å²) in [6.07, 6.45) is 2.63. The highest BCUT2D eigenvalue weighted by atomic mass is 16.6. The molecule has 0 spiro atoms. The van der Waals surface area contributed by atoms with Gasteiger partial charge in [-0.2, -0.15) is 0 Å². The van der Waals surface area contributed by atoms with Crippen molar-refractivity contribution in [2.45, 2.75) is 20.3 Å². The average molecular weight is 225 g/mol. The maximum Gasteiger partial charge on any atom is 0.292 e. The lowest BCUT2D eigenvalue weighted by molar-refractivity contribution is -0.134. The van der Waals surface area contributed by atoms with Crippen molar-refractivity contribution in [1.29, 1.82) is 0 Å². The smallest absolute Gasteiger partial charge is 0.292 e. The Labute approximate surface area is 96.2 Å². The van der Waals surface area contributed by atoms with Crippen LogP contribution in [0.15, 0.2) is 12.0 Å². The molecule has 2 aliphatic heterocycles. The Morgan fingerprint density at radius 2 is 2.00 bits per heavy atom. The summed E-state index contributed by atoms with van der Waals surface area (Å²) in [5.41, 5.74) is 0. The highest BCUT2D eigenvalue weighted by Crippen LogP contribution is 2.22. The standard InChI is InChI=1S/C12H19NO3/c1-9-5-10(2)7-13(6-9)12(14)11-8-15-3-4-16-11/h8-10H,3-7H2,1-2H3/t9-,10+. The zero-order valence-electron chi connectivity index (χ0n) is 9.94. The molecule has 1 amide bonds. The van der Waals surface area contributed by atoms with E-state index in [2.05, 4.69) is 13.8 Å². The van der Waals surface area contributed by atoms with Crippen LogP contribution in [0.5, 0.6) is 0 Å². The van der Waals surface area contributed by atoms with Gasteiger partial charge in [0.2, 0.25) is 5.76 Å². The third kappa shape index (κ3) is 2.49. The van der Waals surface area contributed by atoms with E-state index >= 15 is 0 Å². The second kappa shape index (κ2) is 4.76. The molecule has 2 atom stereocenters. The van der Waals surface area contributed by atoms with Crippen molar-refractivity contribution in [1.82, 2.24) is 4.90 Å². The Morgan fingerprint density at radius 3 is 2.56 bits per heavy atom. The van der Waals surface area contributed by atoms with Gasteiger partial charge in [0.15, 0.2) is 0 Å². The molecule has 1 saturated heterocycles. The number of carbonyl (C=O) groups is 1. The molecule has 0 bridgehead atoms. The van der Waals surface area contributed by atoms with E-state index < -0.39 is 0 Å². The summed E-state index contributed by atoms with van der Waals surface area (Å²) < 4.78 is 10.4. The molecular weight excluding hydrogens is 206 g/mol. The summed E-state index contributed by atoms with van der Waals surface area (Å²) >= 11 is 0. The molecule has 16 heavy (non-hydrogen) atoms. The maximum absolute atomic E-state index is 12.1. The van der Waals surface area contributed by atoms with Crippen LogP contribution in [0.3, 0.4) is 0 Å². The molecule has 0 radical (unpaired) electrons. The quantitative estimate of drug-likeness (QED) is 0.676. The monoisotopic (exact) mass is 225 g/mol. The minimum absolute atomic E-state index is 0.0295. The topological polar surface area (TPSA) is 38.8 Å². The summed E-state index contributed by atoms with van der Waals surface area (Å²) in [5.74, 6) is 1.46. The van der Waals surface area contributed by atoms with Crippen molar-refractivity contribution in [3.63, 3.8) is 0 Å². The first-order chi connectivity index (χ1) is 7.66. The molecule has 0 N–H and O–H groups in total. The Bertz CT molecular complexity index is 291. The fraction of sp³-hybridized carbons (Fsp3) is 0.750. The van der Waals surface area contributed by atoms with Crippen LogP contribution in [0.1, 0.15) is 20.3 Å². The predicted octanol–water partition coefficient (Wildman–Crippen LogP) is 1.38. The van der Waals surface area contributed by atoms with Crippen LogP contribution < -0.4 is 0 Å². The van der Waals surface area contributed by atoms with Gasteiger partial charge in [-0.1, -0.05) is 13.8 Å². The number of ether oxygens (including phenoxy) is 2. The lowest BCUT2D eigenvalue weighted by atomic mass is 9.92. The molecule has 0 aromatic carbocycles. The van der Waals surface area contributed by atoms with Gasteiger partial charge in [-0.15, -0.1) is 0 Å². The van der Waals surface area contributed by atoms with Gasteiger partial charge in [0.05, 0.1) is 0 Å². The Balaban J connectivity index is 2.00. The van der Waals surface area contributed by atoms with E-state index in [1.807, 2.05) is 4.90 Å². The molecule has 0 saturated carbocycles. The summed E-state index contributed by atoms with van der Waals surface area (Å²) in [6, 6.07) is 0. The predicted molar refractivity (Wildman–Crippen MR) is 59.5 cm³/mol. The van der Waals surface area contributed by atoms with Crippen molar-refractivity contribution in [2.24, 2.45) is 11.8 Å². The number of piperidine rings is 1. The summed E-state index contributed by atoms with van der Waals surface area (Å²) in [6.45, 7) is 7.01. The zero-order chi connectivity index (χ0) is 11.5. The number of carbonyl (C=O) groups excluding carboxylic acids is 1. The van der Waals surface area contributed by atoms with Crippen molar-refractivity contribution in [3.05, 3.63) is 12.0 Å². The molecule has 0 aromatic heterocycles. The van der Waals surface area contributed by atoms with E-state index in [0.717, 1.165) is 13.1 Å². The number of hydrogen-bond acceptors (Lipinski definition) is 3. The first-order valence-electron chi connectivity index (χ1n) is 5.90. The van der Waals surface area contributed by atoms with Crippen LogP contribution in [-0.2, 0) is 14.3 Å². The van der Waals surface area contributed by atoms with E-state index in [9.17, 15) is 4.79 Å². The van der Waals surface area contributed by atoms with Crippen molar-refractivity contribution >= 4 is 5.91 Å². The van der Waals surface area contributed by atoms with Crippen LogP contribution in [0.25, 0.3) is 0 Å². The number of likely N-dealkylation sites (tertiary alicyclic amines) is 1. The molecule has 0 aromatic rings. The van der Waals surface area contributed by atoms with Gasteiger partial charge < -0.3 is 14.4 Å².